The standard InChI is InChI=1S/C20H22ClN3O2S2/c1-10(2)24-19(26)17-12(4)13(5)28-18(17)23-20(24)27-9-16(25)22-15-7-6-11(3)8-14(15)21/h6-8,10H,9H2,1-5H3,(H,22,25). The summed E-state index contributed by atoms with van der Waals surface area (Å²) in [6, 6.07) is 5.42. The number of hydrogen-bond acceptors (Lipinski definition) is 5. The molecular formula is C20H22ClN3O2S2. The van der Waals surface area contributed by atoms with Crippen LogP contribution in [0.2, 0.25) is 5.02 Å². The Labute approximate surface area is 177 Å². The summed E-state index contributed by atoms with van der Waals surface area (Å²) in [5.41, 5.74) is 2.53. The lowest BCUT2D eigenvalue weighted by molar-refractivity contribution is -0.113. The fraction of sp³-hybridized carbons (Fsp3) is 0.350. The number of aryl methyl sites for hydroxylation is 3. The molecule has 148 valence electrons. The van der Waals surface area contributed by atoms with Crippen LogP contribution in [0, 0.1) is 20.8 Å². The van der Waals surface area contributed by atoms with E-state index in [4.69, 9.17) is 11.6 Å². The van der Waals surface area contributed by atoms with Crippen LogP contribution in [0.3, 0.4) is 0 Å². The molecule has 5 nitrogen and oxygen atoms in total. The molecule has 0 atom stereocenters. The summed E-state index contributed by atoms with van der Waals surface area (Å²) in [5, 5.41) is 4.55. The van der Waals surface area contributed by atoms with Crippen LogP contribution in [0.25, 0.3) is 10.2 Å². The van der Waals surface area contributed by atoms with Gasteiger partial charge in [-0.1, -0.05) is 29.4 Å². The molecule has 2 aromatic heterocycles. The van der Waals surface area contributed by atoms with Crippen LogP contribution in [0.1, 0.15) is 35.9 Å². The van der Waals surface area contributed by atoms with Gasteiger partial charge >= 0.3 is 0 Å². The highest BCUT2D eigenvalue weighted by Gasteiger charge is 2.19. The maximum atomic E-state index is 13.0. The van der Waals surface area contributed by atoms with Crippen LogP contribution >= 0.6 is 34.7 Å². The first-order chi connectivity index (χ1) is 13.2. The molecule has 8 heteroatoms. The molecule has 0 saturated carbocycles. The van der Waals surface area contributed by atoms with E-state index in [2.05, 4.69) is 10.3 Å². The van der Waals surface area contributed by atoms with Crippen molar-refractivity contribution < 1.29 is 4.79 Å². The number of carbonyl (C=O) groups excluding carboxylic acids is 1. The first-order valence-corrected chi connectivity index (χ1v) is 11.1. The molecule has 0 bridgehead atoms. The van der Waals surface area contributed by atoms with Crippen molar-refractivity contribution in [3.05, 3.63) is 49.6 Å². The van der Waals surface area contributed by atoms with E-state index in [9.17, 15) is 9.59 Å². The fourth-order valence-electron chi connectivity index (χ4n) is 2.88. The zero-order valence-electron chi connectivity index (χ0n) is 16.4. The van der Waals surface area contributed by atoms with Gasteiger partial charge in [-0.15, -0.1) is 11.3 Å². The summed E-state index contributed by atoms with van der Waals surface area (Å²) in [7, 11) is 0. The Morgan fingerprint density at radius 1 is 1.32 bits per heavy atom. The quantitative estimate of drug-likeness (QED) is 0.433. The van der Waals surface area contributed by atoms with Gasteiger partial charge in [0.05, 0.1) is 21.8 Å². The molecule has 2 heterocycles. The second-order valence-electron chi connectivity index (χ2n) is 6.95. The van der Waals surface area contributed by atoms with E-state index in [0.29, 0.717) is 21.3 Å². The van der Waals surface area contributed by atoms with Crippen LogP contribution in [-0.4, -0.2) is 21.2 Å². The van der Waals surface area contributed by atoms with Gasteiger partial charge in [0, 0.05) is 10.9 Å². The van der Waals surface area contributed by atoms with Crippen LogP contribution in [0.15, 0.2) is 28.2 Å². The number of rotatable bonds is 5. The number of hydrogen-bond donors (Lipinski definition) is 1. The number of halogens is 1. The average Bonchev–Trinajstić information content (AvgIpc) is 2.89. The molecule has 1 amide bonds. The SMILES string of the molecule is Cc1ccc(NC(=O)CSc2nc3sc(C)c(C)c3c(=O)n2C(C)C)c(Cl)c1. The van der Waals surface area contributed by atoms with E-state index < -0.39 is 0 Å². The number of nitrogens with zero attached hydrogens (tertiary/aromatic N) is 2. The third-order valence-corrected chi connectivity index (χ3v) is 6.82. The Balaban J connectivity index is 1.86. The van der Waals surface area contributed by atoms with Crippen LogP contribution < -0.4 is 10.9 Å². The van der Waals surface area contributed by atoms with Crippen LogP contribution in [0.4, 0.5) is 5.69 Å². The Kier molecular flexibility index (Phi) is 6.17. The van der Waals surface area contributed by atoms with E-state index in [-0.39, 0.29) is 23.3 Å². The van der Waals surface area contributed by atoms with Gasteiger partial charge in [-0.2, -0.15) is 0 Å². The van der Waals surface area contributed by atoms with E-state index in [1.54, 1.807) is 16.7 Å². The van der Waals surface area contributed by atoms with Crippen molar-refractivity contribution in [2.75, 3.05) is 11.1 Å². The second-order valence-corrected chi connectivity index (χ2v) is 9.50. The number of nitrogens with one attached hydrogen (secondary N) is 1. The molecule has 28 heavy (non-hydrogen) atoms. The van der Waals surface area contributed by atoms with Gasteiger partial charge < -0.3 is 5.32 Å². The predicted molar refractivity (Wildman–Crippen MR) is 119 cm³/mol. The topological polar surface area (TPSA) is 64.0 Å². The number of thiophene rings is 1. The molecule has 0 saturated heterocycles. The van der Waals surface area contributed by atoms with Gasteiger partial charge in [-0.05, 0) is 57.9 Å². The van der Waals surface area contributed by atoms with Crippen molar-refractivity contribution in [3.8, 4) is 0 Å². The summed E-state index contributed by atoms with van der Waals surface area (Å²) in [6.07, 6.45) is 0. The van der Waals surface area contributed by atoms with Crippen LogP contribution in [0.5, 0.6) is 0 Å². The van der Waals surface area contributed by atoms with Gasteiger partial charge in [0.1, 0.15) is 4.83 Å². The van der Waals surface area contributed by atoms with Gasteiger partial charge in [-0.3, -0.25) is 14.2 Å². The number of carbonyl (C=O) groups is 1. The Hall–Kier alpha value is -1.83. The zero-order chi connectivity index (χ0) is 20.6. The molecule has 0 radical (unpaired) electrons. The summed E-state index contributed by atoms with van der Waals surface area (Å²) in [5.74, 6) is -0.0583. The second kappa shape index (κ2) is 8.27. The maximum Gasteiger partial charge on any atom is 0.263 e. The summed E-state index contributed by atoms with van der Waals surface area (Å²) >= 11 is 8.95. The summed E-state index contributed by atoms with van der Waals surface area (Å²) in [6.45, 7) is 9.77. The van der Waals surface area contributed by atoms with E-state index in [1.807, 2.05) is 40.7 Å². The summed E-state index contributed by atoms with van der Waals surface area (Å²) in [4.78, 5) is 31.9. The number of fused-ring (bicyclic) bond motifs is 1. The first kappa shape index (κ1) is 20.9. The van der Waals surface area contributed by atoms with Gasteiger partial charge in [0.25, 0.3) is 5.56 Å². The van der Waals surface area contributed by atoms with E-state index >= 15 is 0 Å². The van der Waals surface area contributed by atoms with Gasteiger partial charge in [-0.25, -0.2) is 4.98 Å². The predicted octanol–water partition coefficient (Wildman–Crippen LogP) is 5.35. The minimum atomic E-state index is -0.195. The monoisotopic (exact) mass is 435 g/mol. The number of amides is 1. The Bertz CT molecular complexity index is 1120. The molecule has 0 aliphatic heterocycles. The van der Waals surface area contributed by atoms with Crippen molar-refractivity contribution in [3.63, 3.8) is 0 Å². The highest BCUT2D eigenvalue weighted by molar-refractivity contribution is 7.99. The van der Waals surface area contributed by atoms with Crippen molar-refractivity contribution >= 4 is 56.5 Å². The molecule has 1 aromatic carbocycles. The molecule has 0 aliphatic carbocycles. The number of thioether (sulfide) groups is 1. The lowest BCUT2D eigenvalue weighted by Crippen LogP contribution is -2.25. The lowest BCUT2D eigenvalue weighted by atomic mass is 10.2. The third kappa shape index (κ3) is 4.11. The number of anilines is 1. The summed E-state index contributed by atoms with van der Waals surface area (Å²) < 4.78 is 1.66. The zero-order valence-corrected chi connectivity index (χ0v) is 18.8. The lowest BCUT2D eigenvalue weighted by Gasteiger charge is -2.15. The highest BCUT2D eigenvalue weighted by atomic mass is 35.5. The maximum absolute atomic E-state index is 13.0. The molecule has 3 rings (SSSR count). The fourth-order valence-corrected chi connectivity index (χ4v) is 5.16. The molecule has 3 aromatic rings. The molecule has 0 unspecified atom stereocenters. The Morgan fingerprint density at radius 3 is 2.68 bits per heavy atom. The number of benzene rings is 1. The average molecular weight is 436 g/mol. The first-order valence-electron chi connectivity index (χ1n) is 8.90. The Morgan fingerprint density at radius 2 is 2.04 bits per heavy atom. The smallest absolute Gasteiger partial charge is 0.263 e. The normalized spacial score (nSPS) is 11.4. The minimum Gasteiger partial charge on any atom is -0.324 e. The molecule has 0 fully saturated rings. The van der Waals surface area contributed by atoms with Crippen molar-refractivity contribution in [1.82, 2.24) is 9.55 Å². The molecule has 0 spiro atoms. The van der Waals surface area contributed by atoms with Crippen molar-refractivity contribution in [2.24, 2.45) is 0 Å². The molecule has 0 aliphatic rings. The van der Waals surface area contributed by atoms with E-state index in [0.717, 1.165) is 20.8 Å². The number of aromatic nitrogens is 2. The highest BCUT2D eigenvalue weighted by Crippen LogP contribution is 2.29. The van der Waals surface area contributed by atoms with Gasteiger partial charge in [0.2, 0.25) is 5.91 Å². The van der Waals surface area contributed by atoms with Gasteiger partial charge in [0.15, 0.2) is 5.16 Å². The molecular weight excluding hydrogens is 414 g/mol. The van der Waals surface area contributed by atoms with Crippen molar-refractivity contribution in [2.45, 2.75) is 45.8 Å². The minimum absolute atomic E-state index is 0.0497. The largest absolute Gasteiger partial charge is 0.324 e. The molecule has 1 N–H and O–H groups in total. The van der Waals surface area contributed by atoms with Crippen LogP contribution in [-0.2, 0) is 4.79 Å². The van der Waals surface area contributed by atoms with E-state index in [1.165, 1.54) is 23.1 Å². The van der Waals surface area contributed by atoms with Crippen molar-refractivity contribution in [1.29, 1.82) is 0 Å². The third-order valence-electron chi connectivity index (χ3n) is 4.45.